The van der Waals surface area contributed by atoms with E-state index in [1.807, 2.05) is 0 Å². The van der Waals surface area contributed by atoms with Crippen LogP contribution in [0, 0.1) is 10.1 Å². The second-order valence-electron chi connectivity index (χ2n) is 3.25. The number of rotatable bonds is 7. The molecule has 0 aliphatic rings. The molecular weight excluding hydrogens is 226 g/mol. The smallest absolute Gasteiger partial charge is 0.311 e. The Kier molecular flexibility index (Phi) is 5.63. The summed E-state index contributed by atoms with van der Waals surface area (Å²) in [6.45, 7) is 0.721. The Balaban J connectivity index is 2.44. The van der Waals surface area contributed by atoms with E-state index >= 15 is 0 Å². The first-order valence-corrected chi connectivity index (χ1v) is 6.47. The Hall–Kier alpha value is -1.30. The fourth-order valence-electron chi connectivity index (χ4n) is 1.26. The molecule has 6 heteroatoms. The van der Waals surface area contributed by atoms with E-state index in [4.69, 9.17) is 0 Å². The second kappa shape index (κ2) is 7.05. The van der Waals surface area contributed by atoms with Crippen molar-refractivity contribution >= 4 is 23.3 Å². The number of nitrogens with zero attached hydrogens (tertiary/aromatic N) is 2. The number of aromatic nitrogens is 1. The van der Waals surface area contributed by atoms with Gasteiger partial charge >= 0.3 is 5.69 Å². The summed E-state index contributed by atoms with van der Waals surface area (Å²) in [5, 5.41) is 13.7. The highest BCUT2D eigenvalue weighted by atomic mass is 32.2. The maximum atomic E-state index is 10.7. The van der Waals surface area contributed by atoms with E-state index in [2.05, 4.69) is 16.6 Å². The summed E-state index contributed by atoms with van der Waals surface area (Å²) >= 11 is 1.80. The summed E-state index contributed by atoms with van der Waals surface area (Å²) in [4.78, 5) is 14.2. The fraction of sp³-hybridized carbons (Fsp3) is 0.500. The third-order valence-corrected chi connectivity index (χ3v) is 2.75. The lowest BCUT2D eigenvalue weighted by Crippen LogP contribution is -2.06. The predicted molar refractivity (Wildman–Crippen MR) is 67.0 cm³/mol. The summed E-state index contributed by atoms with van der Waals surface area (Å²) in [5.74, 6) is 1.48. The molecule has 0 spiro atoms. The van der Waals surface area contributed by atoms with Crippen molar-refractivity contribution in [2.24, 2.45) is 0 Å². The molecule has 1 rings (SSSR count). The molecule has 16 heavy (non-hydrogen) atoms. The monoisotopic (exact) mass is 241 g/mol. The van der Waals surface area contributed by atoms with E-state index in [0.29, 0.717) is 5.82 Å². The molecule has 0 saturated carbocycles. The van der Waals surface area contributed by atoms with Gasteiger partial charge in [0.15, 0.2) is 0 Å². The number of nitro groups is 1. The molecular formula is C10H15N3O2S. The lowest BCUT2D eigenvalue weighted by Gasteiger charge is -2.04. The molecule has 0 amide bonds. The van der Waals surface area contributed by atoms with Gasteiger partial charge in [-0.1, -0.05) is 0 Å². The molecule has 1 aromatic rings. The van der Waals surface area contributed by atoms with Crippen LogP contribution in [-0.2, 0) is 0 Å². The number of hydrogen-bond donors (Lipinski definition) is 1. The second-order valence-corrected chi connectivity index (χ2v) is 4.24. The maximum Gasteiger partial charge on any atom is 0.311 e. The van der Waals surface area contributed by atoms with Crippen LogP contribution < -0.4 is 5.32 Å². The molecule has 1 N–H and O–H groups in total. The van der Waals surface area contributed by atoms with Crippen LogP contribution in [0.3, 0.4) is 0 Å². The average Bonchev–Trinajstić information content (AvgIpc) is 2.29. The quantitative estimate of drug-likeness (QED) is 0.451. The van der Waals surface area contributed by atoms with Gasteiger partial charge in [-0.2, -0.15) is 11.8 Å². The van der Waals surface area contributed by atoms with Crippen LogP contribution in [-0.4, -0.2) is 28.5 Å². The third kappa shape index (κ3) is 4.06. The Morgan fingerprint density at radius 3 is 3.06 bits per heavy atom. The van der Waals surface area contributed by atoms with Crippen LogP contribution >= 0.6 is 11.8 Å². The molecule has 5 nitrogen and oxygen atoms in total. The fourth-order valence-corrected chi connectivity index (χ4v) is 1.75. The molecule has 0 atom stereocenters. The van der Waals surface area contributed by atoms with Crippen LogP contribution in [0.15, 0.2) is 18.3 Å². The van der Waals surface area contributed by atoms with Crippen molar-refractivity contribution in [3.63, 3.8) is 0 Å². The zero-order valence-electron chi connectivity index (χ0n) is 9.18. The number of unbranched alkanes of at least 4 members (excludes halogenated alkanes) is 1. The topological polar surface area (TPSA) is 68.1 Å². The largest absolute Gasteiger partial charge is 0.364 e. The van der Waals surface area contributed by atoms with E-state index in [9.17, 15) is 10.1 Å². The van der Waals surface area contributed by atoms with Gasteiger partial charge in [-0.15, -0.1) is 0 Å². The summed E-state index contributed by atoms with van der Waals surface area (Å²) in [6.07, 6.45) is 5.72. The van der Waals surface area contributed by atoms with Crippen LogP contribution in [0.5, 0.6) is 0 Å². The molecule has 0 aliphatic heterocycles. The highest BCUT2D eigenvalue weighted by Crippen LogP contribution is 2.19. The maximum absolute atomic E-state index is 10.7. The van der Waals surface area contributed by atoms with Gasteiger partial charge in [-0.3, -0.25) is 10.1 Å². The summed E-state index contributed by atoms with van der Waals surface area (Å²) in [6, 6.07) is 3.02. The van der Waals surface area contributed by atoms with Gasteiger partial charge in [0, 0.05) is 18.8 Å². The van der Waals surface area contributed by atoms with E-state index in [0.717, 1.165) is 25.1 Å². The molecule has 0 fully saturated rings. The first-order chi connectivity index (χ1) is 7.75. The normalized spacial score (nSPS) is 10.1. The Bertz CT molecular complexity index is 347. The first kappa shape index (κ1) is 12.8. The van der Waals surface area contributed by atoms with Crippen molar-refractivity contribution in [2.45, 2.75) is 12.8 Å². The lowest BCUT2D eigenvalue weighted by atomic mass is 10.3. The van der Waals surface area contributed by atoms with Crippen molar-refractivity contribution in [1.29, 1.82) is 0 Å². The highest BCUT2D eigenvalue weighted by molar-refractivity contribution is 7.98. The minimum Gasteiger partial charge on any atom is -0.364 e. The molecule has 0 aromatic carbocycles. The average molecular weight is 241 g/mol. The molecule has 88 valence electrons. The highest BCUT2D eigenvalue weighted by Gasteiger charge is 2.12. The van der Waals surface area contributed by atoms with Crippen molar-refractivity contribution < 1.29 is 4.92 Å². The molecule has 0 bridgehead atoms. The van der Waals surface area contributed by atoms with E-state index in [-0.39, 0.29) is 5.69 Å². The van der Waals surface area contributed by atoms with Gasteiger partial charge in [-0.25, -0.2) is 4.98 Å². The third-order valence-electron chi connectivity index (χ3n) is 2.05. The summed E-state index contributed by atoms with van der Waals surface area (Å²) < 4.78 is 0. The summed E-state index contributed by atoms with van der Waals surface area (Å²) in [5.41, 5.74) is 0.0346. The Morgan fingerprint density at radius 1 is 1.56 bits per heavy atom. The van der Waals surface area contributed by atoms with Crippen LogP contribution in [0.2, 0.25) is 0 Å². The number of anilines is 1. The van der Waals surface area contributed by atoms with Crippen molar-refractivity contribution in [3.05, 3.63) is 28.4 Å². The van der Waals surface area contributed by atoms with Gasteiger partial charge in [-0.05, 0) is 30.9 Å². The zero-order valence-corrected chi connectivity index (χ0v) is 10.00. The first-order valence-electron chi connectivity index (χ1n) is 5.08. The molecule has 0 saturated heterocycles. The number of pyridine rings is 1. The zero-order chi connectivity index (χ0) is 11.8. The molecule has 1 aromatic heterocycles. The SMILES string of the molecule is CSCCCCNc1ncccc1[N+](=O)[O-]. The number of nitrogens with one attached hydrogen (secondary N) is 1. The van der Waals surface area contributed by atoms with Crippen LogP contribution in [0.4, 0.5) is 11.5 Å². The van der Waals surface area contributed by atoms with Gasteiger partial charge in [0.25, 0.3) is 0 Å². The summed E-state index contributed by atoms with van der Waals surface area (Å²) in [7, 11) is 0. The van der Waals surface area contributed by atoms with Gasteiger partial charge in [0.05, 0.1) is 4.92 Å². The number of thioether (sulfide) groups is 1. The predicted octanol–water partition coefficient (Wildman–Crippen LogP) is 2.54. The van der Waals surface area contributed by atoms with Crippen molar-refractivity contribution in [3.8, 4) is 0 Å². The molecule has 0 aliphatic carbocycles. The van der Waals surface area contributed by atoms with E-state index in [1.165, 1.54) is 6.07 Å². The van der Waals surface area contributed by atoms with E-state index in [1.54, 1.807) is 24.0 Å². The van der Waals surface area contributed by atoms with Gasteiger partial charge in [0.1, 0.15) is 0 Å². The van der Waals surface area contributed by atoms with Crippen LogP contribution in [0.25, 0.3) is 0 Å². The minimum absolute atomic E-state index is 0.0346. The van der Waals surface area contributed by atoms with Crippen molar-refractivity contribution in [1.82, 2.24) is 4.98 Å². The molecule has 1 heterocycles. The van der Waals surface area contributed by atoms with E-state index < -0.39 is 4.92 Å². The van der Waals surface area contributed by atoms with Crippen molar-refractivity contribution in [2.75, 3.05) is 23.9 Å². The lowest BCUT2D eigenvalue weighted by molar-refractivity contribution is -0.384. The van der Waals surface area contributed by atoms with Gasteiger partial charge in [0.2, 0.25) is 5.82 Å². The van der Waals surface area contributed by atoms with Gasteiger partial charge < -0.3 is 5.32 Å². The molecule has 0 unspecified atom stereocenters. The number of hydrogen-bond acceptors (Lipinski definition) is 5. The van der Waals surface area contributed by atoms with Crippen LogP contribution in [0.1, 0.15) is 12.8 Å². The minimum atomic E-state index is -0.419. The Labute approximate surface area is 98.8 Å². The molecule has 0 radical (unpaired) electrons. The Morgan fingerprint density at radius 2 is 2.38 bits per heavy atom. The standard InChI is InChI=1S/C10H15N3O2S/c1-16-8-3-2-6-11-10-9(13(14)15)5-4-7-12-10/h4-5,7H,2-3,6,8H2,1H3,(H,11,12).